The van der Waals surface area contributed by atoms with Crippen LogP contribution in [0.15, 0.2) is 18.2 Å². The first-order valence-corrected chi connectivity index (χ1v) is 7.14. The van der Waals surface area contributed by atoms with Crippen molar-refractivity contribution in [2.24, 2.45) is 0 Å². The monoisotopic (exact) mass is 301 g/mol. The highest BCUT2D eigenvalue weighted by Gasteiger charge is 2.07. The van der Waals surface area contributed by atoms with Crippen LogP contribution in [0.25, 0.3) is 0 Å². The van der Waals surface area contributed by atoms with Crippen LogP contribution in [0.5, 0.6) is 0 Å². The third-order valence-electron chi connectivity index (χ3n) is 2.30. The summed E-state index contributed by atoms with van der Waals surface area (Å²) in [7, 11) is 0. The molecule has 0 radical (unpaired) electrons. The van der Waals surface area contributed by atoms with E-state index in [9.17, 15) is 0 Å². The van der Waals surface area contributed by atoms with E-state index in [1.165, 1.54) is 0 Å². The number of hydrogen-bond acceptors (Lipinski definition) is 4. The summed E-state index contributed by atoms with van der Waals surface area (Å²) in [6, 6.07) is 5.60. The Morgan fingerprint density at radius 2 is 2.06 bits per heavy atom. The number of nitrogens with one attached hydrogen (secondary N) is 1. The molecule has 0 fully saturated rings. The van der Waals surface area contributed by atoms with Gasteiger partial charge in [-0.2, -0.15) is 0 Å². The summed E-state index contributed by atoms with van der Waals surface area (Å²) >= 11 is 13.4. The van der Waals surface area contributed by atoms with E-state index in [4.69, 9.17) is 23.2 Å². The Kier molecular flexibility index (Phi) is 4.43. The lowest BCUT2D eigenvalue weighted by Gasteiger charge is -2.08. The van der Waals surface area contributed by atoms with Crippen LogP contribution in [-0.2, 0) is 6.54 Å². The molecule has 0 aliphatic heterocycles. The minimum atomic E-state index is 0.250. The van der Waals surface area contributed by atoms with Gasteiger partial charge in [-0.15, -0.1) is 11.3 Å². The highest BCUT2D eigenvalue weighted by molar-refractivity contribution is 7.16. The zero-order valence-corrected chi connectivity index (χ0v) is 12.4. The lowest BCUT2D eigenvalue weighted by atomic mass is 10.2. The second-order valence-corrected chi connectivity index (χ2v) is 6.34. The number of anilines is 1. The molecule has 2 aromatic rings. The summed E-state index contributed by atoms with van der Waals surface area (Å²) < 4.78 is 0.787. The van der Waals surface area contributed by atoms with Gasteiger partial charge >= 0.3 is 0 Å². The third-order valence-corrected chi connectivity index (χ3v) is 3.73. The molecule has 0 aliphatic rings. The molecule has 2 aromatic heterocycles. The molecular weight excluding hydrogens is 289 g/mol. The molecule has 0 atom stereocenters. The van der Waals surface area contributed by atoms with E-state index >= 15 is 0 Å². The van der Waals surface area contributed by atoms with Crippen molar-refractivity contribution in [3.8, 4) is 0 Å². The van der Waals surface area contributed by atoms with Crippen molar-refractivity contribution in [1.82, 2.24) is 9.97 Å². The average Bonchev–Trinajstić information content (AvgIpc) is 2.72. The summed E-state index contributed by atoms with van der Waals surface area (Å²) in [6.45, 7) is 4.76. The molecule has 2 rings (SSSR count). The Hall–Kier alpha value is -0.840. The molecule has 0 bridgehead atoms. The standard InChI is InChI=1S/C12H13Cl2N3S/c1-7(2)12-16-9(13)5-11(17-12)15-6-8-3-4-10(14)18-8/h3-5,7H,6H2,1-2H3,(H,15,16,17). The lowest BCUT2D eigenvalue weighted by molar-refractivity contribution is 0.774. The van der Waals surface area contributed by atoms with Crippen molar-refractivity contribution in [2.75, 3.05) is 5.32 Å². The second kappa shape index (κ2) is 5.87. The number of rotatable bonds is 4. The van der Waals surface area contributed by atoms with E-state index in [0.717, 1.165) is 20.9 Å². The molecule has 0 aliphatic carbocycles. The first kappa shape index (κ1) is 13.6. The zero-order valence-electron chi connectivity index (χ0n) is 10.1. The number of thiophene rings is 1. The van der Waals surface area contributed by atoms with Gasteiger partial charge < -0.3 is 5.32 Å². The molecule has 0 saturated heterocycles. The summed E-state index contributed by atoms with van der Waals surface area (Å²) in [5, 5.41) is 3.69. The van der Waals surface area contributed by atoms with Crippen molar-refractivity contribution in [3.63, 3.8) is 0 Å². The van der Waals surface area contributed by atoms with Crippen molar-refractivity contribution >= 4 is 40.4 Å². The average molecular weight is 302 g/mol. The Morgan fingerprint density at radius 1 is 1.28 bits per heavy atom. The highest BCUT2D eigenvalue weighted by Crippen LogP contribution is 2.23. The Bertz CT molecular complexity index is 540. The smallest absolute Gasteiger partial charge is 0.135 e. The van der Waals surface area contributed by atoms with E-state index < -0.39 is 0 Å². The van der Waals surface area contributed by atoms with E-state index in [1.807, 2.05) is 26.0 Å². The van der Waals surface area contributed by atoms with Crippen molar-refractivity contribution in [3.05, 3.63) is 38.4 Å². The molecule has 0 aromatic carbocycles. The Labute approximate surface area is 120 Å². The molecule has 0 amide bonds. The van der Waals surface area contributed by atoms with Crippen molar-refractivity contribution in [2.45, 2.75) is 26.3 Å². The molecule has 0 spiro atoms. The summed E-state index contributed by atoms with van der Waals surface area (Å²) in [5.74, 6) is 1.73. The fourth-order valence-corrected chi connectivity index (χ4v) is 2.63. The maximum Gasteiger partial charge on any atom is 0.135 e. The van der Waals surface area contributed by atoms with Gasteiger partial charge in [0, 0.05) is 16.9 Å². The van der Waals surface area contributed by atoms with Crippen LogP contribution in [0.4, 0.5) is 5.82 Å². The van der Waals surface area contributed by atoms with Crippen LogP contribution in [0.3, 0.4) is 0 Å². The Balaban J connectivity index is 2.09. The maximum absolute atomic E-state index is 5.97. The van der Waals surface area contributed by atoms with Crippen LogP contribution >= 0.6 is 34.5 Å². The second-order valence-electron chi connectivity index (χ2n) is 4.15. The number of nitrogens with zero attached hydrogens (tertiary/aromatic N) is 2. The van der Waals surface area contributed by atoms with Crippen molar-refractivity contribution < 1.29 is 0 Å². The zero-order chi connectivity index (χ0) is 13.1. The first-order chi connectivity index (χ1) is 8.54. The fraction of sp³-hybridized carbons (Fsp3) is 0.333. The van der Waals surface area contributed by atoms with Gasteiger partial charge in [0.1, 0.15) is 16.8 Å². The topological polar surface area (TPSA) is 37.8 Å². The summed E-state index contributed by atoms with van der Waals surface area (Å²) in [4.78, 5) is 9.76. The number of hydrogen-bond donors (Lipinski definition) is 1. The van der Waals surface area contributed by atoms with Gasteiger partial charge in [-0.3, -0.25) is 0 Å². The van der Waals surface area contributed by atoms with Gasteiger partial charge in [-0.25, -0.2) is 9.97 Å². The molecule has 3 nitrogen and oxygen atoms in total. The molecule has 2 heterocycles. The van der Waals surface area contributed by atoms with Crippen LogP contribution in [0, 0.1) is 0 Å². The first-order valence-electron chi connectivity index (χ1n) is 5.57. The lowest BCUT2D eigenvalue weighted by Crippen LogP contribution is -2.04. The van der Waals surface area contributed by atoms with E-state index in [0.29, 0.717) is 11.7 Å². The van der Waals surface area contributed by atoms with E-state index in [1.54, 1.807) is 17.4 Å². The molecule has 0 saturated carbocycles. The van der Waals surface area contributed by atoms with Gasteiger partial charge in [0.05, 0.1) is 10.9 Å². The van der Waals surface area contributed by atoms with Gasteiger partial charge in [0.25, 0.3) is 0 Å². The predicted octanol–water partition coefficient (Wildman–Crippen LogP) is 4.58. The van der Waals surface area contributed by atoms with Gasteiger partial charge in [-0.1, -0.05) is 37.0 Å². The van der Waals surface area contributed by atoms with Crippen LogP contribution in [0.1, 0.15) is 30.5 Å². The highest BCUT2D eigenvalue weighted by atomic mass is 35.5. The molecule has 18 heavy (non-hydrogen) atoms. The normalized spacial score (nSPS) is 10.9. The molecular formula is C12H13Cl2N3S. The number of halogens is 2. The van der Waals surface area contributed by atoms with Crippen molar-refractivity contribution in [1.29, 1.82) is 0 Å². The maximum atomic E-state index is 5.97. The quantitative estimate of drug-likeness (QED) is 0.840. The van der Waals surface area contributed by atoms with Gasteiger partial charge in [0.15, 0.2) is 0 Å². The fourth-order valence-electron chi connectivity index (χ4n) is 1.41. The van der Waals surface area contributed by atoms with Gasteiger partial charge in [0.2, 0.25) is 0 Å². The third kappa shape index (κ3) is 3.57. The number of aromatic nitrogens is 2. The Morgan fingerprint density at radius 3 is 2.67 bits per heavy atom. The van der Waals surface area contributed by atoms with E-state index in [2.05, 4.69) is 15.3 Å². The minimum Gasteiger partial charge on any atom is -0.365 e. The van der Waals surface area contributed by atoms with E-state index in [-0.39, 0.29) is 5.92 Å². The summed E-state index contributed by atoms with van der Waals surface area (Å²) in [6.07, 6.45) is 0. The SMILES string of the molecule is CC(C)c1nc(Cl)cc(NCc2ccc(Cl)s2)n1. The largest absolute Gasteiger partial charge is 0.365 e. The molecule has 1 N–H and O–H groups in total. The summed E-state index contributed by atoms with van der Waals surface area (Å²) in [5.41, 5.74) is 0. The molecule has 6 heteroatoms. The minimum absolute atomic E-state index is 0.250. The van der Waals surface area contributed by atoms with Gasteiger partial charge in [-0.05, 0) is 12.1 Å². The predicted molar refractivity (Wildman–Crippen MR) is 77.8 cm³/mol. The van der Waals surface area contributed by atoms with Crippen LogP contribution in [-0.4, -0.2) is 9.97 Å². The van der Waals surface area contributed by atoms with Crippen LogP contribution < -0.4 is 5.32 Å². The molecule has 0 unspecified atom stereocenters. The van der Waals surface area contributed by atoms with Crippen LogP contribution in [0.2, 0.25) is 9.49 Å². The molecule has 96 valence electrons.